The van der Waals surface area contributed by atoms with Gasteiger partial charge in [-0.15, -0.1) is 11.3 Å². The second-order valence-corrected chi connectivity index (χ2v) is 9.26. The SMILES string of the molecule is CC(C)(C)[C@H]1CCc2c(sc3c2C(=O)N[C@H](c2ccc(O)cc2)N3)C1. The number of thiophene rings is 1. The number of carbonyl (C=O) groups is 1. The van der Waals surface area contributed by atoms with E-state index in [0.29, 0.717) is 11.3 Å². The molecule has 4 rings (SSSR count). The molecule has 0 bridgehead atoms. The van der Waals surface area contributed by atoms with Crippen LogP contribution in [0, 0.1) is 11.3 Å². The van der Waals surface area contributed by atoms with Crippen LogP contribution < -0.4 is 10.6 Å². The van der Waals surface area contributed by atoms with Gasteiger partial charge >= 0.3 is 0 Å². The number of fused-ring (bicyclic) bond motifs is 3. The third-order valence-corrected chi connectivity index (χ3v) is 6.68. The quantitative estimate of drug-likeness (QED) is 0.707. The van der Waals surface area contributed by atoms with Gasteiger partial charge in [0, 0.05) is 4.88 Å². The number of hydrogen-bond acceptors (Lipinski definition) is 4. The number of nitrogens with one attached hydrogen (secondary N) is 2. The molecule has 1 aliphatic carbocycles. The maximum Gasteiger partial charge on any atom is 0.256 e. The maximum atomic E-state index is 12.8. The fourth-order valence-electron chi connectivity index (χ4n) is 3.87. The van der Waals surface area contributed by atoms with Crippen LogP contribution >= 0.6 is 11.3 Å². The summed E-state index contributed by atoms with van der Waals surface area (Å²) in [5.74, 6) is 0.904. The number of phenols is 1. The lowest BCUT2D eigenvalue weighted by molar-refractivity contribution is 0.0935. The van der Waals surface area contributed by atoms with Gasteiger partial charge < -0.3 is 15.7 Å². The molecule has 2 aromatic rings. The lowest BCUT2D eigenvalue weighted by atomic mass is 9.72. The van der Waals surface area contributed by atoms with Gasteiger partial charge in [-0.3, -0.25) is 4.79 Å². The first-order valence-electron chi connectivity index (χ1n) is 8.84. The number of amides is 1. The first-order valence-corrected chi connectivity index (χ1v) is 9.65. The van der Waals surface area contributed by atoms with E-state index in [0.717, 1.165) is 35.4 Å². The fraction of sp³-hybridized carbons (Fsp3) is 0.450. The Morgan fingerprint density at radius 2 is 1.88 bits per heavy atom. The normalized spacial score (nSPS) is 22.6. The van der Waals surface area contributed by atoms with Crippen LogP contribution in [0.1, 0.15) is 59.7 Å². The van der Waals surface area contributed by atoms with E-state index in [2.05, 4.69) is 31.4 Å². The largest absolute Gasteiger partial charge is 0.508 e. The molecule has 2 atom stereocenters. The monoisotopic (exact) mass is 356 g/mol. The zero-order valence-corrected chi connectivity index (χ0v) is 15.7. The molecule has 5 heteroatoms. The van der Waals surface area contributed by atoms with Crippen LogP contribution in [-0.4, -0.2) is 11.0 Å². The third-order valence-electron chi connectivity index (χ3n) is 5.49. The van der Waals surface area contributed by atoms with Crippen LogP contribution in [0.5, 0.6) is 5.75 Å². The van der Waals surface area contributed by atoms with E-state index in [1.54, 1.807) is 23.5 Å². The van der Waals surface area contributed by atoms with Crippen molar-refractivity contribution < 1.29 is 9.90 Å². The van der Waals surface area contributed by atoms with E-state index < -0.39 is 0 Å². The summed E-state index contributed by atoms with van der Waals surface area (Å²) >= 11 is 1.74. The molecule has 0 radical (unpaired) electrons. The zero-order valence-electron chi connectivity index (χ0n) is 14.8. The average Bonchev–Trinajstić information content (AvgIpc) is 2.92. The summed E-state index contributed by atoms with van der Waals surface area (Å²) in [5, 5.41) is 17.0. The topological polar surface area (TPSA) is 61.4 Å². The molecule has 4 nitrogen and oxygen atoms in total. The molecule has 1 aliphatic heterocycles. The highest BCUT2D eigenvalue weighted by atomic mass is 32.1. The molecular weight excluding hydrogens is 332 g/mol. The van der Waals surface area contributed by atoms with Gasteiger partial charge in [-0.1, -0.05) is 32.9 Å². The zero-order chi connectivity index (χ0) is 17.8. The summed E-state index contributed by atoms with van der Waals surface area (Å²) in [6, 6.07) is 6.96. The summed E-state index contributed by atoms with van der Waals surface area (Å²) in [6.07, 6.45) is 2.95. The first-order chi connectivity index (χ1) is 11.8. The number of carbonyl (C=O) groups excluding carboxylic acids is 1. The van der Waals surface area contributed by atoms with Crippen LogP contribution in [0.15, 0.2) is 24.3 Å². The van der Waals surface area contributed by atoms with Gasteiger partial charge in [-0.05, 0) is 53.9 Å². The van der Waals surface area contributed by atoms with Gasteiger partial charge in [0.25, 0.3) is 5.91 Å². The molecule has 0 fully saturated rings. The van der Waals surface area contributed by atoms with Gasteiger partial charge in [0.15, 0.2) is 0 Å². The van der Waals surface area contributed by atoms with Crippen LogP contribution in [-0.2, 0) is 12.8 Å². The minimum Gasteiger partial charge on any atom is -0.508 e. The van der Waals surface area contributed by atoms with E-state index >= 15 is 0 Å². The number of aromatic hydroxyl groups is 1. The van der Waals surface area contributed by atoms with E-state index in [4.69, 9.17) is 0 Å². The Morgan fingerprint density at radius 3 is 2.56 bits per heavy atom. The standard InChI is InChI=1S/C20H24N2O2S/c1-20(2,3)12-6-9-14-15(10-12)25-19-16(14)18(24)21-17(22-19)11-4-7-13(23)8-5-11/h4-5,7-8,12,17,22-23H,6,9-10H2,1-3H3,(H,21,24)/t12-,17-/m0/s1. The molecule has 0 saturated carbocycles. The highest BCUT2D eigenvalue weighted by Crippen LogP contribution is 2.46. The lowest BCUT2D eigenvalue weighted by Gasteiger charge is -2.34. The van der Waals surface area contributed by atoms with Crippen molar-refractivity contribution in [1.82, 2.24) is 5.32 Å². The van der Waals surface area contributed by atoms with Crippen molar-refractivity contribution in [3.63, 3.8) is 0 Å². The average molecular weight is 356 g/mol. The van der Waals surface area contributed by atoms with Crippen molar-refractivity contribution in [2.24, 2.45) is 11.3 Å². The molecule has 132 valence electrons. The van der Waals surface area contributed by atoms with Gasteiger partial charge in [0.1, 0.15) is 16.9 Å². The van der Waals surface area contributed by atoms with Gasteiger partial charge in [-0.2, -0.15) is 0 Å². The third kappa shape index (κ3) is 2.91. The highest BCUT2D eigenvalue weighted by Gasteiger charge is 2.36. The van der Waals surface area contributed by atoms with E-state index in [1.165, 1.54) is 10.4 Å². The van der Waals surface area contributed by atoms with Gasteiger partial charge in [0.2, 0.25) is 0 Å². The molecule has 1 aromatic heterocycles. The molecule has 2 heterocycles. The molecular formula is C20H24N2O2S. The number of hydrogen-bond donors (Lipinski definition) is 3. The summed E-state index contributed by atoms with van der Waals surface area (Å²) in [7, 11) is 0. The Hall–Kier alpha value is -2.01. The first kappa shape index (κ1) is 16.5. The Labute approximate surface area is 152 Å². The second kappa shape index (κ2) is 5.77. The van der Waals surface area contributed by atoms with E-state index in [1.807, 2.05) is 12.1 Å². The van der Waals surface area contributed by atoms with Crippen molar-refractivity contribution in [1.29, 1.82) is 0 Å². The molecule has 0 spiro atoms. The van der Waals surface area contributed by atoms with Crippen LogP contribution in [0.4, 0.5) is 5.00 Å². The van der Waals surface area contributed by atoms with Crippen molar-refractivity contribution in [2.45, 2.75) is 46.2 Å². The number of rotatable bonds is 1. The fourth-order valence-corrected chi connectivity index (χ4v) is 5.22. The Kier molecular flexibility index (Phi) is 3.80. The lowest BCUT2D eigenvalue weighted by Crippen LogP contribution is -2.38. The molecule has 0 unspecified atom stereocenters. The number of phenolic OH excluding ortho intramolecular Hbond substituents is 1. The smallest absolute Gasteiger partial charge is 0.256 e. The molecule has 0 saturated heterocycles. The van der Waals surface area contributed by atoms with E-state index in [9.17, 15) is 9.90 Å². The predicted octanol–water partition coefficient (Wildman–Crippen LogP) is 4.46. The minimum atomic E-state index is -0.251. The predicted molar refractivity (Wildman–Crippen MR) is 101 cm³/mol. The molecule has 3 N–H and O–H groups in total. The maximum absolute atomic E-state index is 12.8. The van der Waals surface area contributed by atoms with Crippen molar-refractivity contribution in [2.75, 3.05) is 5.32 Å². The number of benzene rings is 1. The Bertz CT molecular complexity index is 817. The summed E-state index contributed by atoms with van der Waals surface area (Å²) in [6.45, 7) is 6.92. The second-order valence-electron chi connectivity index (χ2n) is 8.16. The van der Waals surface area contributed by atoms with E-state index in [-0.39, 0.29) is 17.8 Å². The Morgan fingerprint density at radius 1 is 1.16 bits per heavy atom. The van der Waals surface area contributed by atoms with Crippen LogP contribution in [0.25, 0.3) is 0 Å². The summed E-state index contributed by atoms with van der Waals surface area (Å²) in [4.78, 5) is 14.1. The minimum absolute atomic E-state index is 0.0125. The molecule has 25 heavy (non-hydrogen) atoms. The summed E-state index contributed by atoms with van der Waals surface area (Å²) in [5.41, 5.74) is 3.33. The van der Waals surface area contributed by atoms with Gasteiger partial charge in [0.05, 0.1) is 5.56 Å². The molecule has 2 aliphatic rings. The Balaban J connectivity index is 1.64. The molecule has 1 amide bonds. The van der Waals surface area contributed by atoms with Crippen LogP contribution in [0.2, 0.25) is 0 Å². The van der Waals surface area contributed by atoms with Crippen molar-refractivity contribution in [3.05, 3.63) is 45.8 Å². The van der Waals surface area contributed by atoms with Crippen LogP contribution in [0.3, 0.4) is 0 Å². The van der Waals surface area contributed by atoms with Crippen molar-refractivity contribution in [3.8, 4) is 5.75 Å². The summed E-state index contributed by atoms with van der Waals surface area (Å²) < 4.78 is 0. The van der Waals surface area contributed by atoms with Crippen molar-refractivity contribution >= 4 is 22.2 Å². The molecule has 1 aromatic carbocycles. The number of anilines is 1. The van der Waals surface area contributed by atoms with Gasteiger partial charge in [-0.25, -0.2) is 0 Å². The highest BCUT2D eigenvalue weighted by molar-refractivity contribution is 7.16.